The standard InChI is InChI=1S/C19H18N2O4S/c22-17(20-9-12-3-1-7-24-12)15-14-5-6-19(25-14)11-21(18(23)16(15)19)10-13-4-2-8-26-13/h1-8,14-16H,9-11H2,(H,20,22). The third kappa shape index (κ3) is 2.34. The van der Waals surface area contributed by atoms with Gasteiger partial charge in [-0.2, -0.15) is 0 Å². The zero-order valence-corrected chi connectivity index (χ0v) is 14.8. The molecular formula is C19H18N2O4S. The Labute approximate surface area is 154 Å². The first kappa shape index (κ1) is 15.8. The van der Waals surface area contributed by atoms with Gasteiger partial charge in [0.1, 0.15) is 11.4 Å². The molecule has 5 rings (SSSR count). The van der Waals surface area contributed by atoms with Gasteiger partial charge < -0.3 is 19.4 Å². The molecule has 0 saturated carbocycles. The molecule has 0 aliphatic carbocycles. The van der Waals surface area contributed by atoms with Crippen LogP contribution in [0, 0.1) is 11.8 Å². The summed E-state index contributed by atoms with van der Waals surface area (Å²) in [6.07, 6.45) is 5.15. The van der Waals surface area contributed by atoms with E-state index in [0.29, 0.717) is 25.4 Å². The Kier molecular flexibility index (Phi) is 3.55. The van der Waals surface area contributed by atoms with Crippen LogP contribution in [0.4, 0.5) is 0 Å². The fourth-order valence-corrected chi connectivity index (χ4v) is 5.03. The predicted molar refractivity (Wildman–Crippen MR) is 94.0 cm³/mol. The second-order valence-corrected chi connectivity index (χ2v) is 8.00. The summed E-state index contributed by atoms with van der Waals surface area (Å²) in [7, 11) is 0. The number of likely N-dealkylation sites (tertiary alicyclic amines) is 1. The Balaban J connectivity index is 1.35. The minimum atomic E-state index is -0.661. The van der Waals surface area contributed by atoms with Gasteiger partial charge in [0.2, 0.25) is 11.8 Å². The average Bonchev–Trinajstić information content (AvgIpc) is 3.43. The molecule has 7 heteroatoms. The molecule has 2 aromatic rings. The second kappa shape index (κ2) is 5.82. The van der Waals surface area contributed by atoms with E-state index >= 15 is 0 Å². The lowest BCUT2D eigenvalue weighted by Gasteiger charge is -2.23. The molecule has 4 atom stereocenters. The normalized spacial score (nSPS) is 31.6. The molecule has 2 fully saturated rings. The zero-order chi connectivity index (χ0) is 17.7. The minimum Gasteiger partial charge on any atom is -0.467 e. The smallest absolute Gasteiger partial charge is 0.230 e. The van der Waals surface area contributed by atoms with E-state index in [9.17, 15) is 9.59 Å². The number of hydrogen-bond acceptors (Lipinski definition) is 5. The molecule has 3 aliphatic heterocycles. The van der Waals surface area contributed by atoms with Crippen molar-refractivity contribution in [3.8, 4) is 0 Å². The predicted octanol–water partition coefficient (Wildman–Crippen LogP) is 1.94. The highest BCUT2D eigenvalue weighted by Crippen LogP contribution is 2.52. The zero-order valence-electron chi connectivity index (χ0n) is 14.0. The van der Waals surface area contributed by atoms with Gasteiger partial charge in [0, 0.05) is 4.88 Å². The van der Waals surface area contributed by atoms with Crippen LogP contribution in [-0.2, 0) is 27.4 Å². The highest BCUT2D eigenvalue weighted by molar-refractivity contribution is 7.09. The van der Waals surface area contributed by atoms with E-state index in [0.717, 1.165) is 4.88 Å². The van der Waals surface area contributed by atoms with Gasteiger partial charge in [-0.15, -0.1) is 11.3 Å². The quantitative estimate of drug-likeness (QED) is 0.817. The van der Waals surface area contributed by atoms with Crippen molar-refractivity contribution in [2.45, 2.75) is 24.8 Å². The van der Waals surface area contributed by atoms with Crippen LogP contribution in [0.15, 0.2) is 52.5 Å². The van der Waals surface area contributed by atoms with Crippen LogP contribution in [0.1, 0.15) is 10.6 Å². The molecule has 2 saturated heterocycles. The van der Waals surface area contributed by atoms with Gasteiger partial charge >= 0.3 is 0 Å². The summed E-state index contributed by atoms with van der Waals surface area (Å²) in [5.74, 6) is -0.410. The summed E-state index contributed by atoms with van der Waals surface area (Å²) in [5, 5.41) is 4.89. The number of nitrogens with one attached hydrogen (secondary N) is 1. The SMILES string of the molecule is O=C(NCc1ccco1)C1C2C=CC3(CN(Cc4cccs4)C(=O)C13)O2. The summed E-state index contributed by atoms with van der Waals surface area (Å²) >= 11 is 1.63. The molecule has 1 spiro atoms. The summed E-state index contributed by atoms with van der Waals surface area (Å²) in [6, 6.07) is 7.59. The number of carbonyl (C=O) groups is 2. The number of rotatable bonds is 5. The lowest BCUT2D eigenvalue weighted by Crippen LogP contribution is -2.43. The Bertz CT molecular complexity index is 860. The maximum absolute atomic E-state index is 13.1. The third-order valence-electron chi connectivity index (χ3n) is 5.43. The van der Waals surface area contributed by atoms with Gasteiger partial charge in [0.05, 0.1) is 43.8 Å². The number of ether oxygens (including phenoxy) is 1. The van der Waals surface area contributed by atoms with E-state index in [1.807, 2.05) is 40.6 Å². The van der Waals surface area contributed by atoms with E-state index in [-0.39, 0.29) is 17.9 Å². The van der Waals surface area contributed by atoms with Crippen LogP contribution < -0.4 is 5.32 Å². The molecule has 2 bridgehead atoms. The molecule has 2 amide bonds. The number of carbonyl (C=O) groups excluding carboxylic acids is 2. The Morgan fingerprint density at radius 3 is 3.08 bits per heavy atom. The number of nitrogens with zero attached hydrogens (tertiary/aromatic N) is 1. The first-order valence-electron chi connectivity index (χ1n) is 8.65. The Morgan fingerprint density at radius 2 is 2.31 bits per heavy atom. The first-order chi connectivity index (χ1) is 12.7. The van der Waals surface area contributed by atoms with E-state index in [2.05, 4.69) is 5.32 Å². The lowest BCUT2D eigenvalue weighted by molar-refractivity contribution is -0.137. The number of thiophene rings is 1. The van der Waals surface area contributed by atoms with Crippen molar-refractivity contribution in [3.63, 3.8) is 0 Å². The molecule has 134 valence electrons. The summed E-state index contributed by atoms with van der Waals surface area (Å²) in [4.78, 5) is 28.8. The third-order valence-corrected chi connectivity index (χ3v) is 6.29. The van der Waals surface area contributed by atoms with E-state index < -0.39 is 17.4 Å². The van der Waals surface area contributed by atoms with Gasteiger partial charge in [0.15, 0.2) is 0 Å². The van der Waals surface area contributed by atoms with Crippen LogP contribution in [0.2, 0.25) is 0 Å². The largest absolute Gasteiger partial charge is 0.467 e. The lowest BCUT2D eigenvalue weighted by atomic mass is 9.77. The topological polar surface area (TPSA) is 71.8 Å². The molecule has 1 N–H and O–H groups in total. The van der Waals surface area contributed by atoms with Crippen molar-refractivity contribution >= 4 is 23.2 Å². The Hall–Kier alpha value is -2.38. The van der Waals surface area contributed by atoms with Crippen molar-refractivity contribution in [1.82, 2.24) is 10.2 Å². The molecule has 2 aromatic heterocycles. The molecule has 3 aliphatic rings. The van der Waals surface area contributed by atoms with Crippen LogP contribution in [0.5, 0.6) is 0 Å². The van der Waals surface area contributed by atoms with Crippen LogP contribution in [0.25, 0.3) is 0 Å². The van der Waals surface area contributed by atoms with E-state index in [1.165, 1.54) is 0 Å². The average molecular weight is 370 g/mol. The molecule has 6 nitrogen and oxygen atoms in total. The molecule has 0 aromatic carbocycles. The maximum Gasteiger partial charge on any atom is 0.230 e. The molecule has 5 heterocycles. The van der Waals surface area contributed by atoms with Crippen LogP contribution >= 0.6 is 11.3 Å². The van der Waals surface area contributed by atoms with Gasteiger partial charge in [-0.1, -0.05) is 18.2 Å². The minimum absolute atomic E-state index is 0.00315. The monoisotopic (exact) mass is 370 g/mol. The van der Waals surface area contributed by atoms with Gasteiger partial charge in [-0.3, -0.25) is 9.59 Å². The molecule has 26 heavy (non-hydrogen) atoms. The fourth-order valence-electron chi connectivity index (χ4n) is 4.31. The van der Waals surface area contributed by atoms with Crippen LogP contribution in [-0.4, -0.2) is 35.0 Å². The highest BCUT2D eigenvalue weighted by atomic mass is 32.1. The second-order valence-electron chi connectivity index (χ2n) is 6.97. The molecule has 0 radical (unpaired) electrons. The summed E-state index contributed by atoms with van der Waals surface area (Å²) in [5.41, 5.74) is -0.661. The van der Waals surface area contributed by atoms with Gasteiger partial charge in [-0.25, -0.2) is 0 Å². The van der Waals surface area contributed by atoms with E-state index in [4.69, 9.17) is 9.15 Å². The number of hydrogen-bond donors (Lipinski definition) is 1. The first-order valence-corrected chi connectivity index (χ1v) is 9.53. The van der Waals surface area contributed by atoms with E-state index in [1.54, 1.807) is 23.7 Å². The number of amides is 2. The number of fused-ring (bicyclic) bond motifs is 1. The van der Waals surface area contributed by atoms with Crippen molar-refractivity contribution in [2.24, 2.45) is 11.8 Å². The summed E-state index contributed by atoms with van der Waals surface area (Å²) < 4.78 is 11.4. The molecular weight excluding hydrogens is 352 g/mol. The van der Waals surface area contributed by atoms with Crippen LogP contribution in [0.3, 0.4) is 0 Å². The van der Waals surface area contributed by atoms with Crippen molar-refractivity contribution < 1.29 is 18.7 Å². The summed E-state index contributed by atoms with van der Waals surface area (Å²) in [6.45, 7) is 1.38. The molecule has 4 unspecified atom stereocenters. The maximum atomic E-state index is 13.1. The highest BCUT2D eigenvalue weighted by Gasteiger charge is 2.66. The van der Waals surface area contributed by atoms with Crippen molar-refractivity contribution in [1.29, 1.82) is 0 Å². The number of furan rings is 1. The Morgan fingerprint density at radius 1 is 1.38 bits per heavy atom. The van der Waals surface area contributed by atoms with Crippen molar-refractivity contribution in [3.05, 3.63) is 58.7 Å². The van der Waals surface area contributed by atoms with Gasteiger partial charge in [-0.05, 0) is 23.6 Å². The fraction of sp³-hybridized carbons (Fsp3) is 0.368. The van der Waals surface area contributed by atoms with Gasteiger partial charge in [0.25, 0.3) is 0 Å². The van der Waals surface area contributed by atoms with Crippen molar-refractivity contribution in [2.75, 3.05) is 6.54 Å².